The van der Waals surface area contributed by atoms with Crippen LogP contribution < -0.4 is 20.3 Å². The van der Waals surface area contributed by atoms with Gasteiger partial charge in [0.15, 0.2) is 11.5 Å². The second kappa shape index (κ2) is 10.3. The Morgan fingerprint density at radius 2 is 1.71 bits per heavy atom. The first-order valence-corrected chi connectivity index (χ1v) is 12.1. The van der Waals surface area contributed by atoms with Crippen LogP contribution in [0.2, 0.25) is 5.02 Å². The fourth-order valence-electron chi connectivity index (χ4n) is 3.57. The van der Waals surface area contributed by atoms with Crippen molar-refractivity contribution in [3.8, 4) is 11.5 Å². The van der Waals surface area contributed by atoms with Crippen molar-refractivity contribution in [2.45, 2.75) is 36.7 Å². The van der Waals surface area contributed by atoms with Crippen LogP contribution in [-0.2, 0) is 27.7 Å². The van der Waals surface area contributed by atoms with Gasteiger partial charge in [-0.1, -0.05) is 29.8 Å². The topological polar surface area (TPSA) is 104 Å². The summed E-state index contributed by atoms with van der Waals surface area (Å²) in [5.74, 6) is 0.116. The summed E-state index contributed by atoms with van der Waals surface area (Å²) in [4.78, 5) is 25.4. The molecular formula is C24H25ClN2O6S. The van der Waals surface area contributed by atoms with Crippen LogP contribution in [-0.4, -0.2) is 33.1 Å². The highest BCUT2D eigenvalue weighted by Gasteiger charge is 2.27. The van der Waals surface area contributed by atoms with E-state index in [1.807, 2.05) is 0 Å². The predicted molar refractivity (Wildman–Crippen MR) is 128 cm³/mol. The highest BCUT2D eigenvalue weighted by Crippen LogP contribution is 2.32. The van der Waals surface area contributed by atoms with Gasteiger partial charge < -0.3 is 19.4 Å². The van der Waals surface area contributed by atoms with Gasteiger partial charge in [0.25, 0.3) is 5.56 Å². The van der Waals surface area contributed by atoms with Gasteiger partial charge in [0.1, 0.15) is 11.4 Å². The van der Waals surface area contributed by atoms with E-state index in [0.717, 1.165) is 10.1 Å². The maximum atomic E-state index is 13.4. The molecule has 0 radical (unpaired) electrons. The summed E-state index contributed by atoms with van der Waals surface area (Å²) in [7, 11) is -1.39. The molecule has 0 aliphatic carbocycles. The Bertz CT molecular complexity index is 1400. The average Bonchev–Trinajstić information content (AvgIpc) is 2.80. The molecule has 180 valence electrons. The summed E-state index contributed by atoms with van der Waals surface area (Å²) in [5, 5.41) is 3.22. The number of carbonyl (C=O) groups is 1. The molecule has 2 aromatic carbocycles. The second-order valence-corrected chi connectivity index (χ2v) is 9.87. The molecule has 1 N–H and O–H groups in total. The van der Waals surface area contributed by atoms with E-state index >= 15 is 0 Å². The number of carbonyl (C=O) groups excluding carboxylic acids is 1. The lowest BCUT2D eigenvalue weighted by Gasteiger charge is -2.16. The molecule has 3 rings (SSSR count). The molecule has 10 heteroatoms. The number of methoxy groups -OCH3 is 2. The zero-order valence-electron chi connectivity index (χ0n) is 19.2. The molecule has 0 spiro atoms. The van der Waals surface area contributed by atoms with Gasteiger partial charge in [-0.3, -0.25) is 9.59 Å². The normalized spacial score (nSPS) is 11.2. The molecule has 0 saturated heterocycles. The Morgan fingerprint density at radius 3 is 2.35 bits per heavy atom. The van der Waals surface area contributed by atoms with Gasteiger partial charge in [-0.15, -0.1) is 0 Å². The first-order valence-electron chi connectivity index (χ1n) is 10.3. The summed E-state index contributed by atoms with van der Waals surface area (Å²) < 4.78 is 38.3. The van der Waals surface area contributed by atoms with Crippen molar-refractivity contribution in [1.29, 1.82) is 0 Å². The Balaban J connectivity index is 1.96. The van der Waals surface area contributed by atoms with Gasteiger partial charge in [0.05, 0.1) is 19.1 Å². The number of amides is 1. The molecule has 3 aromatic rings. The molecule has 34 heavy (non-hydrogen) atoms. The number of aromatic nitrogens is 1. The first-order chi connectivity index (χ1) is 16.1. The molecule has 1 amide bonds. The number of hydrogen-bond acceptors (Lipinski definition) is 6. The van der Waals surface area contributed by atoms with Crippen LogP contribution in [0, 0.1) is 13.8 Å². The molecule has 1 aromatic heterocycles. The van der Waals surface area contributed by atoms with Crippen LogP contribution in [0.4, 0.5) is 0 Å². The molecule has 0 fully saturated rings. The number of ether oxygens (including phenoxy) is 2. The van der Waals surface area contributed by atoms with Crippen molar-refractivity contribution in [1.82, 2.24) is 9.88 Å². The summed E-state index contributed by atoms with van der Waals surface area (Å²) in [6, 6.07) is 12.7. The summed E-state index contributed by atoms with van der Waals surface area (Å²) in [6.45, 7) is 3.02. The maximum Gasteiger partial charge on any atom is 0.270 e. The standard InChI is InChI=1S/C24H25ClN2O6S/c1-15-11-16(2)27(14-22(28)26-13-17-7-5-6-8-19(17)25)24(29)23(15)34(30,31)18-9-10-20(32-3)21(12-18)33-4/h5-12H,13-14H2,1-4H3,(H,26,28). The molecule has 8 nitrogen and oxygen atoms in total. The van der Waals surface area contributed by atoms with Crippen LogP contribution in [0.1, 0.15) is 16.8 Å². The molecule has 0 aliphatic rings. The molecular weight excluding hydrogens is 480 g/mol. The fraction of sp³-hybridized carbons (Fsp3) is 0.250. The summed E-state index contributed by atoms with van der Waals surface area (Å²) in [5.41, 5.74) is 0.689. The van der Waals surface area contributed by atoms with E-state index in [-0.39, 0.29) is 29.3 Å². The average molecular weight is 505 g/mol. The van der Waals surface area contributed by atoms with Crippen molar-refractivity contribution in [3.05, 3.63) is 80.7 Å². The Kier molecular flexibility index (Phi) is 7.68. The number of hydrogen-bond donors (Lipinski definition) is 1. The maximum absolute atomic E-state index is 13.4. The van der Waals surface area contributed by atoms with Crippen LogP contribution in [0.5, 0.6) is 11.5 Å². The van der Waals surface area contributed by atoms with Gasteiger partial charge in [-0.05, 0) is 49.2 Å². The quantitative estimate of drug-likeness (QED) is 0.505. The smallest absolute Gasteiger partial charge is 0.270 e. The number of nitrogens with zero attached hydrogens (tertiary/aromatic N) is 1. The minimum absolute atomic E-state index is 0.121. The first kappa shape index (κ1) is 25.3. The van der Waals surface area contributed by atoms with Crippen LogP contribution in [0.3, 0.4) is 0 Å². The predicted octanol–water partition coefficient (Wildman–Crippen LogP) is 3.28. The Labute approximate surface area is 203 Å². The van der Waals surface area contributed by atoms with E-state index in [2.05, 4.69) is 5.32 Å². The van der Waals surface area contributed by atoms with Gasteiger partial charge in [-0.2, -0.15) is 0 Å². The van der Waals surface area contributed by atoms with Crippen LogP contribution in [0.15, 0.2) is 63.1 Å². The summed E-state index contributed by atoms with van der Waals surface area (Å²) >= 11 is 6.12. The molecule has 0 unspecified atom stereocenters. The SMILES string of the molecule is COc1ccc(S(=O)(=O)c2c(C)cc(C)n(CC(=O)NCc3ccccc3Cl)c2=O)cc1OC. The lowest BCUT2D eigenvalue weighted by Crippen LogP contribution is -2.35. The van der Waals surface area contributed by atoms with E-state index < -0.39 is 26.2 Å². The van der Waals surface area contributed by atoms with Crippen molar-refractivity contribution in [2.75, 3.05) is 14.2 Å². The van der Waals surface area contributed by atoms with Crippen molar-refractivity contribution < 1.29 is 22.7 Å². The molecule has 0 bridgehead atoms. The second-order valence-electron chi connectivity index (χ2n) is 7.58. The van der Waals surface area contributed by atoms with Gasteiger partial charge >= 0.3 is 0 Å². The van der Waals surface area contributed by atoms with Crippen LogP contribution >= 0.6 is 11.6 Å². The number of pyridine rings is 1. The third-order valence-corrected chi connectivity index (χ3v) is 7.60. The minimum Gasteiger partial charge on any atom is -0.493 e. The van der Waals surface area contributed by atoms with Crippen molar-refractivity contribution in [3.63, 3.8) is 0 Å². The van der Waals surface area contributed by atoms with Gasteiger partial charge in [0.2, 0.25) is 15.7 Å². The molecule has 1 heterocycles. The van der Waals surface area contributed by atoms with Crippen molar-refractivity contribution >= 4 is 27.3 Å². The van der Waals surface area contributed by atoms with Gasteiger partial charge in [0, 0.05) is 23.3 Å². The fourth-order valence-corrected chi connectivity index (χ4v) is 5.34. The van der Waals surface area contributed by atoms with E-state index in [1.165, 1.54) is 32.4 Å². The van der Waals surface area contributed by atoms with E-state index in [0.29, 0.717) is 16.5 Å². The Hall–Kier alpha value is -3.30. The molecule has 0 atom stereocenters. The third-order valence-electron chi connectivity index (χ3n) is 5.32. The van der Waals surface area contributed by atoms with Crippen LogP contribution in [0.25, 0.3) is 0 Å². The van der Waals surface area contributed by atoms with Gasteiger partial charge in [-0.25, -0.2) is 8.42 Å². The monoisotopic (exact) mass is 504 g/mol. The lowest BCUT2D eigenvalue weighted by atomic mass is 10.2. The zero-order valence-corrected chi connectivity index (χ0v) is 20.8. The zero-order chi connectivity index (χ0) is 25.0. The highest BCUT2D eigenvalue weighted by atomic mass is 35.5. The summed E-state index contributed by atoms with van der Waals surface area (Å²) in [6.07, 6.45) is 0. The largest absolute Gasteiger partial charge is 0.493 e. The van der Waals surface area contributed by atoms with Crippen molar-refractivity contribution in [2.24, 2.45) is 0 Å². The number of sulfone groups is 1. The lowest BCUT2D eigenvalue weighted by molar-refractivity contribution is -0.121. The third kappa shape index (κ3) is 5.10. The number of rotatable bonds is 8. The number of halogens is 1. The number of nitrogens with one attached hydrogen (secondary N) is 1. The Morgan fingerprint density at radius 1 is 1.03 bits per heavy atom. The number of benzene rings is 2. The van der Waals surface area contributed by atoms with E-state index in [9.17, 15) is 18.0 Å². The molecule has 0 saturated carbocycles. The van der Waals surface area contributed by atoms with E-state index in [4.69, 9.17) is 21.1 Å². The molecule has 0 aliphatic heterocycles. The minimum atomic E-state index is -4.21. The van der Waals surface area contributed by atoms with E-state index in [1.54, 1.807) is 44.2 Å². The number of aryl methyl sites for hydroxylation is 2. The highest BCUT2D eigenvalue weighted by molar-refractivity contribution is 7.91.